The lowest BCUT2D eigenvalue weighted by atomic mass is 10.00. The number of aromatic amines is 1. The SMILES string of the molecule is CC(C)c1ccc(C(C)NCc2nn[nH]n2)cc1. The standard InChI is InChI=1S/C13H19N5/c1-9(2)11-4-6-12(7-5-11)10(3)14-8-13-15-17-18-16-13/h4-7,9-10,14H,8H2,1-3H3,(H,15,16,17,18). The van der Waals surface area contributed by atoms with Crippen molar-refractivity contribution >= 4 is 0 Å². The van der Waals surface area contributed by atoms with Crippen molar-refractivity contribution in [2.24, 2.45) is 0 Å². The van der Waals surface area contributed by atoms with Gasteiger partial charge in [0.25, 0.3) is 0 Å². The molecule has 0 spiro atoms. The Labute approximate surface area is 107 Å². The molecule has 2 rings (SSSR count). The minimum absolute atomic E-state index is 0.268. The van der Waals surface area contributed by atoms with Crippen molar-refractivity contribution in [3.8, 4) is 0 Å². The average Bonchev–Trinajstić information content (AvgIpc) is 2.89. The van der Waals surface area contributed by atoms with Crippen LogP contribution in [0.2, 0.25) is 0 Å². The van der Waals surface area contributed by atoms with Crippen LogP contribution in [0.25, 0.3) is 0 Å². The number of tetrazole rings is 1. The number of rotatable bonds is 5. The molecule has 1 aromatic heterocycles. The molecule has 1 aromatic carbocycles. The number of benzene rings is 1. The zero-order valence-electron chi connectivity index (χ0n) is 11.0. The molecule has 0 radical (unpaired) electrons. The lowest BCUT2D eigenvalue weighted by molar-refractivity contribution is 0.559. The first-order valence-corrected chi connectivity index (χ1v) is 6.22. The highest BCUT2D eigenvalue weighted by Crippen LogP contribution is 2.18. The van der Waals surface area contributed by atoms with Gasteiger partial charge >= 0.3 is 0 Å². The molecular weight excluding hydrogens is 226 g/mol. The number of hydrogen-bond acceptors (Lipinski definition) is 4. The van der Waals surface area contributed by atoms with Gasteiger partial charge in [-0.2, -0.15) is 5.21 Å². The summed E-state index contributed by atoms with van der Waals surface area (Å²) in [6.45, 7) is 7.15. The zero-order chi connectivity index (χ0) is 13.0. The summed E-state index contributed by atoms with van der Waals surface area (Å²) in [5.74, 6) is 1.25. The van der Waals surface area contributed by atoms with Crippen LogP contribution >= 0.6 is 0 Å². The van der Waals surface area contributed by atoms with Gasteiger partial charge in [-0.05, 0) is 24.0 Å². The maximum atomic E-state index is 3.91. The number of hydrogen-bond donors (Lipinski definition) is 2. The molecule has 18 heavy (non-hydrogen) atoms. The fraction of sp³-hybridized carbons (Fsp3) is 0.462. The predicted molar refractivity (Wildman–Crippen MR) is 70.0 cm³/mol. The molecular formula is C13H19N5. The quantitative estimate of drug-likeness (QED) is 0.847. The molecule has 96 valence electrons. The van der Waals surface area contributed by atoms with Crippen molar-refractivity contribution in [1.29, 1.82) is 0 Å². The van der Waals surface area contributed by atoms with Crippen LogP contribution in [0.1, 0.15) is 49.7 Å². The van der Waals surface area contributed by atoms with Gasteiger partial charge in [0.2, 0.25) is 0 Å². The summed E-state index contributed by atoms with van der Waals surface area (Å²) in [6.07, 6.45) is 0. The Hall–Kier alpha value is -1.75. The monoisotopic (exact) mass is 245 g/mol. The minimum atomic E-state index is 0.268. The summed E-state index contributed by atoms with van der Waals surface area (Å²) in [5, 5.41) is 17.2. The van der Waals surface area contributed by atoms with Gasteiger partial charge < -0.3 is 5.32 Å². The van der Waals surface area contributed by atoms with Gasteiger partial charge in [-0.1, -0.05) is 43.3 Å². The number of nitrogens with zero attached hydrogens (tertiary/aromatic N) is 3. The van der Waals surface area contributed by atoms with Crippen molar-refractivity contribution in [3.63, 3.8) is 0 Å². The molecule has 2 N–H and O–H groups in total. The molecule has 5 heteroatoms. The van der Waals surface area contributed by atoms with Gasteiger partial charge in [0.15, 0.2) is 5.82 Å². The van der Waals surface area contributed by atoms with Gasteiger partial charge in [-0.15, -0.1) is 10.2 Å². The van der Waals surface area contributed by atoms with Gasteiger partial charge in [0, 0.05) is 6.04 Å². The van der Waals surface area contributed by atoms with Crippen LogP contribution in [-0.2, 0) is 6.54 Å². The van der Waals surface area contributed by atoms with Crippen molar-refractivity contribution < 1.29 is 0 Å². The van der Waals surface area contributed by atoms with Crippen molar-refractivity contribution in [2.45, 2.75) is 39.3 Å². The van der Waals surface area contributed by atoms with Gasteiger partial charge in [0.1, 0.15) is 0 Å². The van der Waals surface area contributed by atoms with Crippen LogP contribution in [-0.4, -0.2) is 20.6 Å². The molecule has 0 aliphatic carbocycles. The molecule has 0 saturated carbocycles. The normalized spacial score (nSPS) is 12.9. The summed E-state index contributed by atoms with van der Waals surface area (Å²) in [6, 6.07) is 8.98. The summed E-state index contributed by atoms with van der Waals surface area (Å²) in [7, 11) is 0. The summed E-state index contributed by atoms with van der Waals surface area (Å²) in [5.41, 5.74) is 2.63. The lowest BCUT2D eigenvalue weighted by Gasteiger charge is -2.14. The van der Waals surface area contributed by atoms with Crippen LogP contribution in [0.5, 0.6) is 0 Å². The molecule has 1 heterocycles. The molecule has 0 aliphatic rings. The molecule has 2 aromatic rings. The highest BCUT2D eigenvalue weighted by atomic mass is 15.5. The third-order valence-corrected chi connectivity index (χ3v) is 3.06. The predicted octanol–water partition coefficient (Wildman–Crippen LogP) is 2.17. The van der Waals surface area contributed by atoms with E-state index >= 15 is 0 Å². The Bertz CT molecular complexity index is 461. The molecule has 1 atom stereocenters. The van der Waals surface area contributed by atoms with Crippen molar-refractivity contribution in [2.75, 3.05) is 0 Å². The van der Waals surface area contributed by atoms with Crippen molar-refractivity contribution in [1.82, 2.24) is 25.9 Å². The molecule has 0 aliphatic heterocycles. The van der Waals surface area contributed by atoms with Crippen LogP contribution in [0.4, 0.5) is 0 Å². The topological polar surface area (TPSA) is 66.5 Å². The summed E-state index contributed by atoms with van der Waals surface area (Å²) < 4.78 is 0. The van der Waals surface area contributed by atoms with Gasteiger partial charge in [-0.3, -0.25) is 0 Å². The van der Waals surface area contributed by atoms with E-state index in [1.807, 2.05) is 0 Å². The minimum Gasteiger partial charge on any atom is -0.303 e. The highest BCUT2D eigenvalue weighted by molar-refractivity contribution is 5.26. The smallest absolute Gasteiger partial charge is 0.188 e. The molecule has 0 bridgehead atoms. The second-order valence-electron chi connectivity index (χ2n) is 4.75. The van der Waals surface area contributed by atoms with E-state index in [2.05, 4.69) is 71.0 Å². The third kappa shape index (κ3) is 3.13. The molecule has 1 unspecified atom stereocenters. The van der Waals surface area contributed by atoms with Crippen LogP contribution in [0.15, 0.2) is 24.3 Å². The van der Waals surface area contributed by atoms with E-state index in [1.54, 1.807) is 0 Å². The fourth-order valence-electron chi connectivity index (χ4n) is 1.79. The van der Waals surface area contributed by atoms with Crippen molar-refractivity contribution in [3.05, 3.63) is 41.2 Å². The highest BCUT2D eigenvalue weighted by Gasteiger charge is 2.07. The fourth-order valence-corrected chi connectivity index (χ4v) is 1.79. The number of nitrogens with one attached hydrogen (secondary N) is 2. The first-order valence-electron chi connectivity index (χ1n) is 6.22. The van der Waals surface area contributed by atoms with E-state index in [0.29, 0.717) is 18.3 Å². The second-order valence-corrected chi connectivity index (χ2v) is 4.75. The van der Waals surface area contributed by atoms with E-state index < -0.39 is 0 Å². The first-order chi connectivity index (χ1) is 8.66. The molecule has 0 saturated heterocycles. The van der Waals surface area contributed by atoms with Gasteiger partial charge in [-0.25, -0.2) is 0 Å². The second kappa shape index (κ2) is 5.73. The number of aromatic nitrogens is 4. The summed E-state index contributed by atoms with van der Waals surface area (Å²) in [4.78, 5) is 0. The first kappa shape index (κ1) is 12.7. The van der Waals surface area contributed by atoms with E-state index in [4.69, 9.17) is 0 Å². The Morgan fingerprint density at radius 3 is 2.33 bits per heavy atom. The lowest BCUT2D eigenvalue weighted by Crippen LogP contribution is -2.18. The number of H-pyrrole nitrogens is 1. The van der Waals surface area contributed by atoms with E-state index in [-0.39, 0.29) is 6.04 Å². The Balaban J connectivity index is 1.94. The maximum Gasteiger partial charge on any atom is 0.188 e. The maximum absolute atomic E-state index is 3.91. The van der Waals surface area contributed by atoms with E-state index in [9.17, 15) is 0 Å². The Morgan fingerprint density at radius 2 is 1.78 bits per heavy atom. The van der Waals surface area contributed by atoms with Gasteiger partial charge in [0.05, 0.1) is 6.54 Å². The summed E-state index contributed by atoms with van der Waals surface area (Å²) >= 11 is 0. The molecule has 5 nitrogen and oxygen atoms in total. The van der Waals surface area contributed by atoms with Crippen LogP contribution < -0.4 is 5.32 Å². The largest absolute Gasteiger partial charge is 0.303 e. The molecule has 0 amide bonds. The Morgan fingerprint density at radius 1 is 1.11 bits per heavy atom. The molecule has 0 fully saturated rings. The third-order valence-electron chi connectivity index (χ3n) is 3.06. The van der Waals surface area contributed by atoms with Crippen LogP contribution in [0.3, 0.4) is 0 Å². The Kier molecular flexibility index (Phi) is 4.04. The van der Waals surface area contributed by atoms with E-state index in [0.717, 1.165) is 0 Å². The average molecular weight is 245 g/mol. The van der Waals surface area contributed by atoms with E-state index in [1.165, 1.54) is 11.1 Å². The zero-order valence-corrected chi connectivity index (χ0v) is 11.0. The van der Waals surface area contributed by atoms with Crippen LogP contribution in [0, 0.1) is 0 Å².